The number of benzene rings is 1. The maximum Gasteiger partial charge on any atom is 0.176 e. The Kier molecular flexibility index (Phi) is 4.97. The van der Waals surface area contributed by atoms with Crippen molar-refractivity contribution >= 4 is 5.78 Å². The smallest absolute Gasteiger partial charge is 0.176 e. The Labute approximate surface area is 115 Å². The Bertz CT molecular complexity index is 431. The van der Waals surface area contributed by atoms with Crippen molar-refractivity contribution in [2.24, 2.45) is 5.92 Å². The highest BCUT2D eigenvalue weighted by molar-refractivity contribution is 5.97. The van der Waals surface area contributed by atoms with Gasteiger partial charge < -0.3 is 4.74 Å². The van der Waals surface area contributed by atoms with Crippen molar-refractivity contribution < 1.29 is 9.53 Å². The fraction of sp³-hybridized carbons (Fsp3) is 0.562. The minimum atomic E-state index is 0.190. The maximum absolute atomic E-state index is 12.3. The molecule has 1 aliphatic rings. The number of hydrogen-bond acceptors (Lipinski definition) is 3. The number of rotatable bonds is 5. The normalized spacial score (nSPS) is 20.2. The maximum atomic E-state index is 12.3. The summed E-state index contributed by atoms with van der Waals surface area (Å²) in [7, 11) is 1.63. The molecule has 3 heteroatoms. The Morgan fingerprint density at radius 3 is 3.05 bits per heavy atom. The number of likely N-dealkylation sites (tertiary alicyclic amines) is 1. The minimum absolute atomic E-state index is 0.190. The fourth-order valence-corrected chi connectivity index (χ4v) is 2.72. The summed E-state index contributed by atoms with van der Waals surface area (Å²) in [6.45, 7) is 4.88. The number of piperidine rings is 1. The quantitative estimate of drug-likeness (QED) is 0.763. The van der Waals surface area contributed by atoms with Crippen molar-refractivity contribution in [3.8, 4) is 5.75 Å². The van der Waals surface area contributed by atoms with E-state index in [0.29, 0.717) is 6.54 Å². The number of ether oxygens (including phenoxy) is 1. The van der Waals surface area contributed by atoms with E-state index in [4.69, 9.17) is 4.74 Å². The molecule has 0 N–H and O–H groups in total. The van der Waals surface area contributed by atoms with Crippen molar-refractivity contribution in [1.29, 1.82) is 0 Å². The zero-order valence-electron chi connectivity index (χ0n) is 11.9. The summed E-state index contributed by atoms with van der Waals surface area (Å²) in [6.07, 6.45) is 3.73. The van der Waals surface area contributed by atoms with Crippen molar-refractivity contribution in [3.05, 3.63) is 29.8 Å². The van der Waals surface area contributed by atoms with Gasteiger partial charge in [-0.05, 0) is 37.4 Å². The van der Waals surface area contributed by atoms with Gasteiger partial charge >= 0.3 is 0 Å². The first-order valence-corrected chi connectivity index (χ1v) is 7.12. The second kappa shape index (κ2) is 6.71. The van der Waals surface area contributed by atoms with E-state index >= 15 is 0 Å². The molecule has 1 aliphatic heterocycles. The average Bonchev–Trinajstić information content (AvgIpc) is 2.47. The first-order valence-electron chi connectivity index (χ1n) is 7.12. The molecule has 0 aromatic heterocycles. The van der Waals surface area contributed by atoms with E-state index in [9.17, 15) is 4.79 Å². The third-order valence-corrected chi connectivity index (χ3v) is 3.94. The largest absolute Gasteiger partial charge is 0.497 e. The van der Waals surface area contributed by atoms with Crippen molar-refractivity contribution in [1.82, 2.24) is 4.90 Å². The van der Waals surface area contributed by atoms with Crippen LogP contribution < -0.4 is 4.74 Å². The van der Waals surface area contributed by atoms with Gasteiger partial charge in [0.1, 0.15) is 5.75 Å². The molecule has 0 aliphatic carbocycles. The summed E-state index contributed by atoms with van der Waals surface area (Å²) in [5.41, 5.74) is 0.748. The predicted octanol–water partition coefficient (Wildman–Crippen LogP) is 3.00. The molecule has 0 bridgehead atoms. The van der Waals surface area contributed by atoms with E-state index < -0.39 is 0 Å². The molecule has 1 aromatic carbocycles. The van der Waals surface area contributed by atoms with Crippen molar-refractivity contribution in [3.63, 3.8) is 0 Å². The first-order chi connectivity index (χ1) is 9.22. The Morgan fingerprint density at radius 1 is 1.47 bits per heavy atom. The van der Waals surface area contributed by atoms with Crippen molar-refractivity contribution in [2.45, 2.75) is 26.2 Å². The van der Waals surface area contributed by atoms with Crippen LogP contribution in [0, 0.1) is 5.92 Å². The van der Waals surface area contributed by atoms with Crippen LogP contribution in [0.4, 0.5) is 0 Å². The molecular weight excluding hydrogens is 238 g/mol. The van der Waals surface area contributed by atoms with E-state index in [1.165, 1.54) is 19.3 Å². The molecule has 3 nitrogen and oxygen atoms in total. The third-order valence-electron chi connectivity index (χ3n) is 3.94. The third kappa shape index (κ3) is 3.80. The van der Waals surface area contributed by atoms with E-state index in [0.717, 1.165) is 30.3 Å². The van der Waals surface area contributed by atoms with Crippen LogP contribution in [0.15, 0.2) is 24.3 Å². The van der Waals surface area contributed by atoms with Gasteiger partial charge in [0, 0.05) is 12.1 Å². The Morgan fingerprint density at radius 2 is 2.32 bits per heavy atom. The van der Waals surface area contributed by atoms with Gasteiger partial charge in [0.05, 0.1) is 13.7 Å². The number of ketones is 1. The lowest BCUT2D eigenvalue weighted by atomic mass is 9.95. The van der Waals surface area contributed by atoms with Crippen LogP contribution in [0.1, 0.15) is 36.5 Å². The molecule has 19 heavy (non-hydrogen) atoms. The summed E-state index contributed by atoms with van der Waals surface area (Å²) in [6, 6.07) is 7.43. The van der Waals surface area contributed by atoms with Crippen LogP contribution in [0.2, 0.25) is 0 Å². The van der Waals surface area contributed by atoms with Crippen molar-refractivity contribution in [2.75, 3.05) is 26.7 Å². The van der Waals surface area contributed by atoms with Gasteiger partial charge in [-0.3, -0.25) is 9.69 Å². The molecule has 0 spiro atoms. The highest BCUT2D eigenvalue weighted by Gasteiger charge is 2.20. The number of hydrogen-bond donors (Lipinski definition) is 0. The highest BCUT2D eigenvalue weighted by atomic mass is 16.5. The molecule has 0 saturated carbocycles. The topological polar surface area (TPSA) is 29.5 Å². The highest BCUT2D eigenvalue weighted by Crippen LogP contribution is 2.20. The Hall–Kier alpha value is -1.35. The van der Waals surface area contributed by atoms with Gasteiger partial charge in [0.15, 0.2) is 5.78 Å². The van der Waals surface area contributed by atoms with Crippen LogP contribution in [0.5, 0.6) is 5.75 Å². The SMILES string of the molecule is CCC1CCCN(CC(=O)c2cccc(OC)c2)C1. The lowest BCUT2D eigenvalue weighted by Crippen LogP contribution is -2.38. The number of methoxy groups -OCH3 is 1. The van der Waals surface area contributed by atoms with Crippen LogP contribution in [-0.2, 0) is 0 Å². The lowest BCUT2D eigenvalue weighted by molar-refractivity contribution is 0.0884. The van der Waals surface area contributed by atoms with Gasteiger partial charge in [-0.2, -0.15) is 0 Å². The van der Waals surface area contributed by atoms with Crippen LogP contribution in [0.3, 0.4) is 0 Å². The fourth-order valence-electron chi connectivity index (χ4n) is 2.72. The summed E-state index contributed by atoms with van der Waals surface area (Å²) in [5.74, 6) is 1.69. The molecule has 1 saturated heterocycles. The number of carbonyl (C=O) groups is 1. The summed E-state index contributed by atoms with van der Waals surface area (Å²) in [4.78, 5) is 14.6. The number of Topliss-reactive ketones (excluding diaryl/α,β-unsaturated/α-hetero) is 1. The molecule has 1 aromatic rings. The molecule has 104 valence electrons. The van der Waals surface area contributed by atoms with E-state index in [-0.39, 0.29) is 5.78 Å². The predicted molar refractivity (Wildman–Crippen MR) is 76.8 cm³/mol. The second-order valence-electron chi connectivity index (χ2n) is 5.31. The molecule has 1 fully saturated rings. The van der Waals surface area contributed by atoms with Crippen LogP contribution >= 0.6 is 0 Å². The van der Waals surface area contributed by atoms with Gasteiger partial charge in [0.2, 0.25) is 0 Å². The zero-order chi connectivity index (χ0) is 13.7. The molecule has 0 radical (unpaired) electrons. The lowest BCUT2D eigenvalue weighted by Gasteiger charge is -2.31. The molecular formula is C16H23NO2. The van der Waals surface area contributed by atoms with Gasteiger partial charge in [-0.25, -0.2) is 0 Å². The number of nitrogens with zero attached hydrogens (tertiary/aromatic N) is 1. The van der Waals surface area contributed by atoms with E-state index in [2.05, 4.69) is 11.8 Å². The summed E-state index contributed by atoms with van der Waals surface area (Å²) < 4.78 is 5.16. The average molecular weight is 261 g/mol. The Balaban J connectivity index is 1.96. The van der Waals surface area contributed by atoms with Gasteiger partial charge in [-0.15, -0.1) is 0 Å². The summed E-state index contributed by atoms with van der Waals surface area (Å²) >= 11 is 0. The van der Waals surface area contributed by atoms with E-state index in [1.54, 1.807) is 7.11 Å². The molecule has 1 unspecified atom stereocenters. The van der Waals surface area contributed by atoms with Crippen LogP contribution in [-0.4, -0.2) is 37.4 Å². The van der Waals surface area contributed by atoms with Gasteiger partial charge in [0.25, 0.3) is 0 Å². The zero-order valence-corrected chi connectivity index (χ0v) is 11.9. The monoisotopic (exact) mass is 261 g/mol. The molecule has 0 amide bonds. The molecule has 2 rings (SSSR count). The van der Waals surface area contributed by atoms with E-state index in [1.807, 2.05) is 24.3 Å². The standard InChI is InChI=1S/C16H23NO2/c1-3-13-6-5-9-17(11-13)12-16(18)14-7-4-8-15(10-14)19-2/h4,7-8,10,13H,3,5-6,9,11-12H2,1-2H3. The first kappa shape index (κ1) is 14.1. The van der Waals surface area contributed by atoms with Gasteiger partial charge in [-0.1, -0.05) is 25.5 Å². The molecule has 1 heterocycles. The number of carbonyl (C=O) groups excluding carboxylic acids is 1. The van der Waals surface area contributed by atoms with Crippen LogP contribution in [0.25, 0.3) is 0 Å². The summed E-state index contributed by atoms with van der Waals surface area (Å²) in [5, 5.41) is 0. The minimum Gasteiger partial charge on any atom is -0.497 e. The molecule has 1 atom stereocenters. The second-order valence-corrected chi connectivity index (χ2v) is 5.31.